The lowest BCUT2D eigenvalue weighted by atomic mass is 10.2. The highest BCUT2D eigenvalue weighted by molar-refractivity contribution is 7.87. The van der Waals surface area contributed by atoms with Crippen molar-refractivity contribution in [3.63, 3.8) is 0 Å². The first kappa shape index (κ1) is 12.1. The van der Waals surface area contributed by atoms with Crippen LogP contribution in [-0.4, -0.2) is 20.9 Å². The summed E-state index contributed by atoms with van der Waals surface area (Å²) in [6.07, 6.45) is 3.78. The van der Waals surface area contributed by atoms with Gasteiger partial charge in [0.1, 0.15) is 11.4 Å². The number of benzene rings is 1. The smallest absolute Gasteiger partial charge is 0.323 e. The molecule has 1 heterocycles. The summed E-state index contributed by atoms with van der Waals surface area (Å²) in [5.74, 6) is 0.464. The van der Waals surface area contributed by atoms with Crippen LogP contribution in [-0.2, 0) is 14.3 Å². The van der Waals surface area contributed by atoms with E-state index in [0.29, 0.717) is 12.3 Å². The fourth-order valence-corrected chi connectivity index (χ4v) is 2.74. The Morgan fingerprint density at radius 1 is 1.06 bits per heavy atom. The zero-order valence-electron chi connectivity index (χ0n) is 9.56. The van der Waals surface area contributed by atoms with Crippen molar-refractivity contribution in [3.8, 4) is 0 Å². The molecule has 0 spiro atoms. The molecule has 92 valence electrons. The van der Waals surface area contributed by atoms with Crippen molar-refractivity contribution in [1.82, 2.24) is 0 Å². The van der Waals surface area contributed by atoms with E-state index in [1.807, 2.05) is 0 Å². The van der Waals surface area contributed by atoms with Gasteiger partial charge >= 0.3 is 16.0 Å². The molecular weight excluding hydrogens is 238 g/mol. The van der Waals surface area contributed by atoms with E-state index in [0.717, 1.165) is 25.8 Å². The monoisotopic (exact) mass is 254 g/mol. The second-order valence-electron chi connectivity index (χ2n) is 4.01. The van der Waals surface area contributed by atoms with Crippen LogP contribution in [0.3, 0.4) is 0 Å². The first-order valence-corrected chi connectivity index (χ1v) is 7.18. The SMILES string of the molecule is O=S(=O)(OC1=[NH+]CCCCC1)c1ccccc1. The number of rotatable bonds is 2. The molecule has 0 saturated carbocycles. The van der Waals surface area contributed by atoms with E-state index >= 15 is 0 Å². The minimum Gasteiger partial charge on any atom is -0.323 e. The van der Waals surface area contributed by atoms with Crippen LogP contribution >= 0.6 is 0 Å². The van der Waals surface area contributed by atoms with E-state index in [1.165, 1.54) is 12.1 Å². The third-order valence-electron chi connectivity index (χ3n) is 2.64. The largest absolute Gasteiger partial charge is 0.350 e. The van der Waals surface area contributed by atoms with Crippen LogP contribution in [0.4, 0.5) is 0 Å². The van der Waals surface area contributed by atoms with Gasteiger partial charge in [0.2, 0.25) is 0 Å². The maximum atomic E-state index is 11.9. The van der Waals surface area contributed by atoms with E-state index in [1.54, 1.807) is 18.2 Å². The highest BCUT2D eigenvalue weighted by Gasteiger charge is 2.22. The predicted molar refractivity (Wildman–Crippen MR) is 64.0 cm³/mol. The first-order chi connectivity index (χ1) is 8.18. The van der Waals surface area contributed by atoms with Crippen molar-refractivity contribution in [2.24, 2.45) is 0 Å². The molecule has 0 fully saturated rings. The third-order valence-corrected chi connectivity index (χ3v) is 3.92. The molecule has 0 aliphatic carbocycles. The standard InChI is InChI=1S/C12H15NO3S/c14-17(15,11-7-3-1-4-8-11)16-12-9-5-2-6-10-13-12/h1,3-4,7-8H,2,5-6,9-10H2/p+1. The molecule has 1 N–H and O–H groups in total. The van der Waals surface area contributed by atoms with Gasteiger partial charge in [-0.05, 0) is 25.0 Å². The van der Waals surface area contributed by atoms with E-state index < -0.39 is 10.1 Å². The second-order valence-corrected chi connectivity index (χ2v) is 5.56. The van der Waals surface area contributed by atoms with Crippen molar-refractivity contribution in [3.05, 3.63) is 30.3 Å². The lowest BCUT2D eigenvalue weighted by Gasteiger charge is -2.04. The third kappa shape index (κ3) is 3.30. The van der Waals surface area contributed by atoms with Crippen LogP contribution in [0.2, 0.25) is 0 Å². The van der Waals surface area contributed by atoms with E-state index in [2.05, 4.69) is 4.99 Å². The molecule has 1 aliphatic rings. The Balaban J connectivity index is 2.15. The molecule has 0 unspecified atom stereocenters. The summed E-state index contributed by atoms with van der Waals surface area (Å²) in [5.41, 5.74) is 0. The van der Waals surface area contributed by atoms with Crippen LogP contribution in [0.1, 0.15) is 25.7 Å². The molecule has 1 aromatic carbocycles. The molecule has 0 radical (unpaired) electrons. The highest BCUT2D eigenvalue weighted by Crippen LogP contribution is 2.13. The zero-order chi connectivity index (χ0) is 12.1. The lowest BCUT2D eigenvalue weighted by Crippen LogP contribution is -2.73. The van der Waals surface area contributed by atoms with Crippen LogP contribution in [0, 0.1) is 0 Å². The average molecular weight is 254 g/mol. The van der Waals surface area contributed by atoms with Gasteiger partial charge in [-0.3, -0.25) is 0 Å². The molecule has 4 nitrogen and oxygen atoms in total. The van der Waals surface area contributed by atoms with Crippen molar-refractivity contribution in [2.75, 3.05) is 6.54 Å². The van der Waals surface area contributed by atoms with Crippen molar-refractivity contribution >= 4 is 16.0 Å². The van der Waals surface area contributed by atoms with Gasteiger partial charge < -0.3 is 4.18 Å². The maximum Gasteiger partial charge on any atom is 0.350 e. The fourth-order valence-electron chi connectivity index (χ4n) is 1.74. The summed E-state index contributed by atoms with van der Waals surface area (Å²) >= 11 is 0. The minimum atomic E-state index is -3.68. The quantitative estimate of drug-likeness (QED) is 0.779. The van der Waals surface area contributed by atoms with Crippen LogP contribution in [0.25, 0.3) is 0 Å². The minimum absolute atomic E-state index is 0.193. The average Bonchev–Trinajstić information content (AvgIpc) is 2.58. The molecule has 0 saturated heterocycles. The van der Waals surface area contributed by atoms with Gasteiger partial charge in [-0.25, -0.2) is 4.99 Å². The van der Waals surface area contributed by atoms with Crippen molar-refractivity contribution < 1.29 is 17.6 Å². The van der Waals surface area contributed by atoms with Gasteiger partial charge in [0.25, 0.3) is 0 Å². The van der Waals surface area contributed by atoms with E-state index in [9.17, 15) is 8.42 Å². The number of nitrogens with one attached hydrogen (secondary N) is 1. The molecule has 0 amide bonds. The van der Waals surface area contributed by atoms with Gasteiger partial charge in [0.15, 0.2) is 0 Å². The first-order valence-electron chi connectivity index (χ1n) is 5.78. The van der Waals surface area contributed by atoms with Gasteiger partial charge in [-0.2, -0.15) is 8.42 Å². The van der Waals surface area contributed by atoms with Crippen molar-refractivity contribution in [1.29, 1.82) is 0 Å². The Hall–Kier alpha value is -1.36. The highest BCUT2D eigenvalue weighted by atomic mass is 32.2. The molecule has 0 aromatic heterocycles. The molecule has 0 bridgehead atoms. The molecule has 1 aromatic rings. The molecular formula is C12H16NO3S+. The summed E-state index contributed by atoms with van der Waals surface area (Å²) in [7, 11) is -3.68. The maximum absolute atomic E-state index is 11.9. The van der Waals surface area contributed by atoms with Gasteiger partial charge in [-0.15, -0.1) is 0 Å². The molecule has 2 rings (SSSR count). The number of hydrogen-bond donors (Lipinski definition) is 1. The van der Waals surface area contributed by atoms with Gasteiger partial charge in [-0.1, -0.05) is 18.2 Å². The Kier molecular flexibility index (Phi) is 3.78. The summed E-state index contributed by atoms with van der Waals surface area (Å²) in [4.78, 5) is 3.22. The summed E-state index contributed by atoms with van der Waals surface area (Å²) < 4.78 is 29.0. The van der Waals surface area contributed by atoms with Gasteiger partial charge in [0, 0.05) is 6.42 Å². The van der Waals surface area contributed by atoms with Crippen LogP contribution in [0.5, 0.6) is 0 Å². The zero-order valence-corrected chi connectivity index (χ0v) is 10.4. The normalized spacial score (nSPS) is 17.1. The summed E-state index contributed by atoms with van der Waals surface area (Å²) in [5, 5.41) is 0. The Labute approximate surface area is 101 Å². The van der Waals surface area contributed by atoms with Gasteiger partial charge in [0.05, 0.1) is 6.42 Å². The summed E-state index contributed by atoms with van der Waals surface area (Å²) in [6.45, 7) is 0.777. The second kappa shape index (κ2) is 5.31. The Bertz CT molecular complexity index is 494. The molecule has 5 heteroatoms. The molecule has 17 heavy (non-hydrogen) atoms. The molecule has 0 atom stereocenters. The van der Waals surface area contributed by atoms with Crippen LogP contribution in [0.15, 0.2) is 35.2 Å². The fraction of sp³-hybridized carbons (Fsp3) is 0.417. The Morgan fingerprint density at radius 3 is 2.59 bits per heavy atom. The van der Waals surface area contributed by atoms with Crippen molar-refractivity contribution in [2.45, 2.75) is 30.6 Å². The lowest BCUT2D eigenvalue weighted by molar-refractivity contribution is -0.465. The van der Waals surface area contributed by atoms with Crippen LogP contribution < -0.4 is 4.99 Å². The van der Waals surface area contributed by atoms with E-state index in [-0.39, 0.29) is 4.90 Å². The van der Waals surface area contributed by atoms with E-state index in [4.69, 9.17) is 4.18 Å². The topological polar surface area (TPSA) is 57.3 Å². The predicted octanol–water partition coefficient (Wildman–Crippen LogP) is 0.445. The number of hydrogen-bond acceptors (Lipinski definition) is 3. The summed E-state index contributed by atoms with van der Waals surface area (Å²) in [6, 6.07) is 8.21. The Morgan fingerprint density at radius 2 is 1.82 bits per heavy atom. The molecule has 1 aliphatic heterocycles.